The minimum atomic E-state index is -1.06. The maximum Gasteiger partial charge on any atom is 0.410 e. The maximum atomic E-state index is 12.6. The average molecular weight is 526 g/mol. The van der Waals surface area contributed by atoms with E-state index in [0.29, 0.717) is 0 Å². The summed E-state index contributed by atoms with van der Waals surface area (Å²) in [6, 6.07) is 16.1. The van der Waals surface area contributed by atoms with E-state index in [9.17, 15) is 19.2 Å². The van der Waals surface area contributed by atoms with E-state index in [4.69, 9.17) is 14.6 Å². The predicted octanol–water partition coefficient (Wildman–Crippen LogP) is 3.74. The zero-order valence-electron chi connectivity index (χ0n) is 22.0. The largest absolute Gasteiger partial charge is 0.481 e. The molecule has 0 spiro atoms. The van der Waals surface area contributed by atoms with Gasteiger partial charge in [0.25, 0.3) is 0 Å². The van der Waals surface area contributed by atoms with E-state index in [1.165, 1.54) is 4.90 Å². The van der Waals surface area contributed by atoms with Gasteiger partial charge in [-0.05, 0) is 43.0 Å². The van der Waals surface area contributed by atoms with E-state index in [-0.39, 0.29) is 51.5 Å². The summed E-state index contributed by atoms with van der Waals surface area (Å²) in [5, 5.41) is 14.0. The van der Waals surface area contributed by atoms with Crippen molar-refractivity contribution in [3.8, 4) is 11.1 Å². The standard InChI is InChI=1S/C28H35N3O7/c1-28(2,3)38-27(36)31(16-14-29-24(32)12-13-25(33)34)17-15-30-26(35)37-18-23-21-10-6-4-8-19(21)20-9-5-7-11-22(20)23/h4-11,23H,12-18H2,1-3H3,(H,29,32)(H,30,35)(H,33,34). The smallest absolute Gasteiger partial charge is 0.410 e. The molecule has 1 aliphatic carbocycles. The van der Waals surface area contributed by atoms with Crippen LogP contribution in [0.3, 0.4) is 0 Å². The second kappa shape index (κ2) is 12.9. The fourth-order valence-electron chi connectivity index (χ4n) is 4.20. The highest BCUT2D eigenvalue weighted by Crippen LogP contribution is 2.44. The van der Waals surface area contributed by atoms with Crippen molar-refractivity contribution in [1.82, 2.24) is 15.5 Å². The van der Waals surface area contributed by atoms with Crippen molar-refractivity contribution in [1.29, 1.82) is 0 Å². The Morgan fingerprint density at radius 2 is 1.42 bits per heavy atom. The first-order valence-electron chi connectivity index (χ1n) is 12.6. The van der Waals surface area contributed by atoms with Crippen LogP contribution in [0.1, 0.15) is 50.7 Å². The quantitative estimate of drug-likeness (QED) is 0.407. The van der Waals surface area contributed by atoms with Gasteiger partial charge in [-0.25, -0.2) is 9.59 Å². The summed E-state index contributed by atoms with van der Waals surface area (Å²) in [6.45, 7) is 5.89. The molecule has 0 heterocycles. The molecule has 3 amide bonds. The number of carbonyl (C=O) groups is 4. The lowest BCUT2D eigenvalue weighted by molar-refractivity contribution is -0.138. The summed E-state index contributed by atoms with van der Waals surface area (Å²) in [7, 11) is 0. The maximum absolute atomic E-state index is 12.6. The zero-order valence-corrected chi connectivity index (χ0v) is 22.0. The van der Waals surface area contributed by atoms with E-state index in [2.05, 4.69) is 22.8 Å². The topological polar surface area (TPSA) is 134 Å². The third-order valence-electron chi connectivity index (χ3n) is 5.92. The minimum Gasteiger partial charge on any atom is -0.481 e. The molecule has 0 saturated carbocycles. The molecule has 1 aliphatic rings. The van der Waals surface area contributed by atoms with Crippen LogP contribution in [0.2, 0.25) is 0 Å². The Morgan fingerprint density at radius 3 is 1.97 bits per heavy atom. The third-order valence-corrected chi connectivity index (χ3v) is 5.92. The number of fused-ring (bicyclic) bond motifs is 3. The average Bonchev–Trinajstić information content (AvgIpc) is 3.18. The van der Waals surface area contributed by atoms with Crippen LogP contribution in [0.15, 0.2) is 48.5 Å². The van der Waals surface area contributed by atoms with Gasteiger partial charge >= 0.3 is 18.2 Å². The number of nitrogens with zero attached hydrogens (tertiary/aromatic N) is 1. The van der Waals surface area contributed by atoms with Crippen LogP contribution in [0.25, 0.3) is 11.1 Å². The van der Waals surface area contributed by atoms with Gasteiger partial charge < -0.3 is 30.1 Å². The predicted molar refractivity (Wildman–Crippen MR) is 141 cm³/mol. The van der Waals surface area contributed by atoms with Gasteiger partial charge in [0.2, 0.25) is 5.91 Å². The van der Waals surface area contributed by atoms with Crippen LogP contribution in [-0.2, 0) is 19.1 Å². The number of carboxylic acid groups (broad SMARTS) is 1. The van der Waals surface area contributed by atoms with Gasteiger partial charge in [0.05, 0.1) is 6.42 Å². The summed E-state index contributed by atoms with van der Waals surface area (Å²) < 4.78 is 11.0. The van der Waals surface area contributed by atoms with Crippen molar-refractivity contribution < 1.29 is 33.8 Å². The number of aliphatic carboxylic acids is 1. The summed E-state index contributed by atoms with van der Waals surface area (Å²) in [5.74, 6) is -1.54. The Hall–Kier alpha value is -4.08. The molecule has 0 fully saturated rings. The molecule has 10 heteroatoms. The molecule has 3 rings (SSSR count). The van der Waals surface area contributed by atoms with E-state index in [1.807, 2.05) is 36.4 Å². The molecule has 0 saturated heterocycles. The molecular weight excluding hydrogens is 490 g/mol. The number of benzene rings is 2. The Labute approximate surface area is 222 Å². The van der Waals surface area contributed by atoms with Crippen molar-refractivity contribution >= 4 is 24.1 Å². The van der Waals surface area contributed by atoms with Crippen molar-refractivity contribution in [2.45, 2.75) is 45.1 Å². The van der Waals surface area contributed by atoms with E-state index in [1.54, 1.807) is 20.8 Å². The van der Waals surface area contributed by atoms with Crippen LogP contribution < -0.4 is 10.6 Å². The number of rotatable bonds is 11. The van der Waals surface area contributed by atoms with E-state index in [0.717, 1.165) is 22.3 Å². The zero-order chi connectivity index (χ0) is 27.7. The number of amides is 3. The normalized spacial score (nSPS) is 12.2. The van der Waals surface area contributed by atoms with E-state index < -0.39 is 29.7 Å². The molecular formula is C28H35N3O7. The Bertz CT molecular complexity index is 1110. The Balaban J connectivity index is 1.50. The molecule has 10 nitrogen and oxygen atoms in total. The molecule has 0 bridgehead atoms. The molecule has 0 atom stereocenters. The SMILES string of the molecule is CC(C)(C)OC(=O)N(CCNC(=O)CCC(=O)O)CCNC(=O)OCC1c2ccccc2-c2ccccc21. The lowest BCUT2D eigenvalue weighted by Gasteiger charge is -2.27. The first kappa shape index (κ1) is 28.5. The molecule has 0 unspecified atom stereocenters. The highest BCUT2D eigenvalue weighted by Gasteiger charge is 2.29. The lowest BCUT2D eigenvalue weighted by atomic mass is 9.98. The third kappa shape index (κ3) is 8.22. The Morgan fingerprint density at radius 1 is 0.868 bits per heavy atom. The molecule has 0 aromatic heterocycles. The van der Waals surface area contributed by atoms with E-state index >= 15 is 0 Å². The fourth-order valence-corrected chi connectivity index (χ4v) is 4.20. The monoisotopic (exact) mass is 525 g/mol. The van der Waals surface area contributed by atoms with Crippen LogP contribution in [0.4, 0.5) is 9.59 Å². The Kier molecular flexibility index (Phi) is 9.70. The second-order valence-corrected chi connectivity index (χ2v) is 9.96. The van der Waals surface area contributed by atoms with Crippen molar-refractivity contribution in [3.05, 3.63) is 59.7 Å². The highest BCUT2D eigenvalue weighted by molar-refractivity contribution is 5.81. The lowest BCUT2D eigenvalue weighted by Crippen LogP contribution is -2.45. The number of alkyl carbamates (subject to hydrolysis) is 1. The molecule has 3 N–H and O–H groups in total. The van der Waals surface area contributed by atoms with Gasteiger partial charge in [0.1, 0.15) is 12.2 Å². The fraction of sp³-hybridized carbons (Fsp3) is 0.429. The van der Waals surface area contributed by atoms with Crippen molar-refractivity contribution in [2.24, 2.45) is 0 Å². The highest BCUT2D eigenvalue weighted by atomic mass is 16.6. The molecule has 2 aromatic rings. The van der Waals surface area contributed by atoms with Gasteiger partial charge in [-0.3, -0.25) is 9.59 Å². The summed E-state index contributed by atoms with van der Waals surface area (Å²) >= 11 is 0. The first-order chi connectivity index (χ1) is 18.0. The van der Waals surface area contributed by atoms with Gasteiger partial charge in [-0.15, -0.1) is 0 Å². The molecule has 0 aliphatic heterocycles. The number of nitrogens with one attached hydrogen (secondary N) is 2. The summed E-state index contributed by atoms with van der Waals surface area (Å²) in [5.41, 5.74) is 3.78. The van der Waals surface area contributed by atoms with Gasteiger partial charge in [-0.2, -0.15) is 0 Å². The van der Waals surface area contributed by atoms with Crippen molar-refractivity contribution in [3.63, 3.8) is 0 Å². The molecule has 204 valence electrons. The van der Waals surface area contributed by atoms with Crippen LogP contribution in [0.5, 0.6) is 0 Å². The number of carboxylic acids is 1. The van der Waals surface area contributed by atoms with Crippen LogP contribution in [-0.4, -0.2) is 72.5 Å². The van der Waals surface area contributed by atoms with Crippen LogP contribution >= 0.6 is 0 Å². The number of hydrogen-bond donors (Lipinski definition) is 3. The summed E-state index contributed by atoms with van der Waals surface area (Å²) in [4.78, 5) is 48.9. The number of hydrogen-bond acceptors (Lipinski definition) is 6. The van der Waals surface area contributed by atoms with Crippen LogP contribution in [0, 0.1) is 0 Å². The molecule has 0 radical (unpaired) electrons. The second-order valence-electron chi connectivity index (χ2n) is 9.96. The minimum absolute atomic E-state index is 0.0591. The number of ether oxygens (including phenoxy) is 2. The van der Waals surface area contributed by atoms with Gasteiger partial charge in [0.15, 0.2) is 0 Å². The van der Waals surface area contributed by atoms with Crippen molar-refractivity contribution in [2.75, 3.05) is 32.8 Å². The van der Waals surface area contributed by atoms with Gasteiger partial charge in [0, 0.05) is 38.5 Å². The van der Waals surface area contributed by atoms with Gasteiger partial charge in [-0.1, -0.05) is 48.5 Å². The first-order valence-corrected chi connectivity index (χ1v) is 12.6. The molecule has 2 aromatic carbocycles. The number of carbonyl (C=O) groups excluding carboxylic acids is 3. The molecule has 38 heavy (non-hydrogen) atoms. The summed E-state index contributed by atoms with van der Waals surface area (Å²) in [6.07, 6.45) is -1.61.